The molecule has 5 heteroatoms. The van der Waals surface area contributed by atoms with E-state index in [-0.39, 0.29) is 17.6 Å². The smallest absolute Gasteiger partial charge is 0.244 e. The first-order valence-corrected chi connectivity index (χ1v) is 7.51. The van der Waals surface area contributed by atoms with Gasteiger partial charge in [0.1, 0.15) is 17.5 Å². The van der Waals surface area contributed by atoms with Crippen molar-refractivity contribution in [3.63, 3.8) is 0 Å². The summed E-state index contributed by atoms with van der Waals surface area (Å²) >= 11 is 0. The first-order chi connectivity index (χ1) is 10.2. The largest absolute Gasteiger partial charge is 0.496 e. The predicted octanol–water partition coefficient (Wildman–Crippen LogP) is 1.69. The second kappa shape index (κ2) is 5.66. The highest BCUT2D eigenvalue weighted by atomic mass is 16.5. The summed E-state index contributed by atoms with van der Waals surface area (Å²) in [6, 6.07) is 7.86. The molecule has 1 saturated carbocycles. The summed E-state index contributed by atoms with van der Waals surface area (Å²) in [5.41, 5.74) is 0.672. The van der Waals surface area contributed by atoms with Gasteiger partial charge < -0.3 is 14.4 Å². The van der Waals surface area contributed by atoms with Crippen LogP contribution >= 0.6 is 0 Å². The van der Waals surface area contributed by atoms with E-state index < -0.39 is 0 Å². The number of nitrogens with zero attached hydrogens (tertiary/aromatic N) is 1. The van der Waals surface area contributed by atoms with Crippen LogP contribution in [0.3, 0.4) is 0 Å². The number of ether oxygens (including phenoxy) is 2. The van der Waals surface area contributed by atoms with Crippen LogP contribution in [-0.2, 0) is 9.53 Å². The normalized spacial score (nSPS) is 22.9. The van der Waals surface area contributed by atoms with Crippen molar-refractivity contribution < 1.29 is 14.3 Å². The SMILES string of the molecule is CCOCCN1C(=O)C2(CC2)NC1c1ccccc1OC. The molecule has 1 heterocycles. The van der Waals surface area contributed by atoms with Gasteiger partial charge in [-0.15, -0.1) is 0 Å². The van der Waals surface area contributed by atoms with Crippen LogP contribution in [0.1, 0.15) is 31.5 Å². The Hall–Kier alpha value is -1.59. The number of carbonyl (C=O) groups is 1. The lowest BCUT2D eigenvalue weighted by Crippen LogP contribution is -2.34. The van der Waals surface area contributed by atoms with Gasteiger partial charge in [-0.25, -0.2) is 0 Å². The lowest BCUT2D eigenvalue weighted by molar-refractivity contribution is -0.131. The Balaban J connectivity index is 1.85. The molecule has 1 aliphatic heterocycles. The zero-order chi connectivity index (χ0) is 14.9. The van der Waals surface area contributed by atoms with E-state index in [1.165, 1.54) is 0 Å². The van der Waals surface area contributed by atoms with E-state index in [9.17, 15) is 4.79 Å². The van der Waals surface area contributed by atoms with Gasteiger partial charge >= 0.3 is 0 Å². The van der Waals surface area contributed by atoms with Gasteiger partial charge in [-0.05, 0) is 25.8 Å². The van der Waals surface area contributed by atoms with Gasteiger partial charge in [0.15, 0.2) is 0 Å². The molecular weight excluding hydrogens is 268 g/mol. The molecule has 1 aliphatic carbocycles. The minimum atomic E-state index is -0.336. The molecular formula is C16H22N2O3. The van der Waals surface area contributed by atoms with E-state index in [1.54, 1.807) is 7.11 Å². The van der Waals surface area contributed by atoms with Crippen molar-refractivity contribution in [2.24, 2.45) is 0 Å². The van der Waals surface area contributed by atoms with E-state index in [1.807, 2.05) is 36.1 Å². The fourth-order valence-corrected chi connectivity index (χ4v) is 2.95. The van der Waals surface area contributed by atoms with Crippen molar-refractivity contribution in [3.8, 4) is 5.75 Å². The van der Waals surface area contributed by atoms with Crippen molar-refractivity contribution in [1.29, 1.82) is 0 Å². The molecule has 1 spiro atoms. The molecule has 0 radical (unpaired) electrons. The maximum absolute atomic E-state index is 12.6. The molecule has 0 aromatic heterocycles. The molecule has 1 aromatic carbocycles. The maximum Gasteiger partial charge on any atom is 0.244 e. The van der Waals surface area contributed by atoms with Crippen LogP contribution in [0.15, 0.2) is 24.3 Å². The van der Waals surface area contributed by atoms with Crippen molar-refractivity contribution in [3.05, 3.63) is 29.8 Å². The van der Waals surface area contributed by atoms with Gasteiger partial charge in [-0.2, -0.15) is 0 Å². The van der Waals surface area contributed by atoms with Gasteiger partial charge in [0.25, 0.3) is 0 Å². The number of nitrogens with one attached hydrogen (secondary N) is 1. The zero-order valence-electron chi connectivity index (χ0n) is 12.6. The highest BCUT2D eigenvalue weighted by molar-refractivity contribution is 5.92. The minimum absolute atomic E-state index is 0.128. The molecule has 5 nitrogen and oxygen atoms in total. The molecule has 1 atom stereocenters. The van der Waals surface area contributed by atoms with E-state index in [4.69, 9.17) is 9.47 Å². The molecule has 2 aliphatic rings. The lowest BCUT2D eigenvalue weighted by Gasteiger charge is -2.25. The van der Waals surface area contributed by atoms with Crippen molar-refractivity contribution in [1.82, 2.24) is 10.2 Å². The van der Waals surface area contributed by atoms with Crippen LogP contribution < -0.4 is 10.1 Å². The Kier molecular flexibility index (Phi) is 3.87. The van der Waals surface area contributed by atoms with Gasteiger partial charge in [0.2, 0.25) is 5.91 Å². The summed E-state index contributed by atoms with van der Waals surface area (Å²) < 4.78 is 10.9. The van der Waals surface area contributed by atoms with Crippen LogP contribution in [0.25, 0.3) is 0 Å². The Morgan fingerprint density at radius 2 is 2.14 bits per heavy atom. The molecule has 2 fully saturated rings. The third-order valence-corrected chi connectivity index (χ3v) is 4.26. The van der Waals surface area contributed by atoms with Gasteiger partial charge in [0.05, 0.1) is 13.7 Å². The van der Waals surface area contributed by atoms with E-state index in [2.05, 4.69) is 5.32 Å². The van der Waals surface area contributed by atoms with Crippen molar-refractivity contribution in [2.75, 3.05) is 26.9 Å². The third-order valence-electron chi connectivity index (χ3n) is 4.26. The highest BCUT2D eigenvalue weighted by Crippen LogP contribution is 2.46. The Morgan fingerprint density at radius 1 is 1.38 bits per heavy atom. The van der Waals surface area contributed by atoms with Gasteiger partial charge in [-0.1, -0.05) is 18.2 Å². The summed E-state index contributed by atoms with van der Waals surface area (Å²) in [6.07, 6.45) is 1.71. The molecule has 1 amide bonds. The van der Waals surface area contributed by atoms with E-state index in [0.717, 1.165) is 24.2 Å². The highest BCUT2D eigenvalue weighted by Gasteiger charge is 2.59. The average molecular weight is 290 g/mol. The quantitative estimate of drug-likeness (QED) is 0.810. The van der Waals surface area contributed by atoms with Crippen LogP contribution in [0, 0.1) is 0 Å². The number of para-hydroxylation sites is 1. The first kappa shape index (κ1) is 14.4. The second-order valence-corrected chi connectivity index (χ2v) is 5.57. The van der Waals surface area contributed by atoms with Gasteiger partial charge in [0, 0.05) is 18.7 Å². The first-order valence-electron chi connectivity index (χ1n) is 7.51. The van der Waals surface area contributed by atoms with E-state index >= 15 is 0 Å². The van der Waals surface area contributed by atoms with Crippen LogP contribution in [0.2, 0.25) is 0 Å². The molecule has 0 bridgehead atoms. The number of amides is 1. The number of benzene rings is 1. The maximum atomic E-state index is 12.6. The summed E-state index contributed by atoms with van der Waals surface area (Å²) in [5.74, 6) is 1.00. The summed E-state index contributed by atoms with van der Waals surface area (Å²) in [5, 5.41) is 3.50. The fourth-order valence-electron chi connectivity index (χ4n) is 2.95. The molecule has 1 unspecified atom stereocenters. The Bertz CT molecular complexity index is 528. The van der Waals surface area contributed by atoms with Gasteiger partial charge in [-0.3, -0.25) is 10.1 Å². The van der Waals surface area contributed by atoms with Crippen molar-refractivity contribution in [2.45, 2.75) is 31.5 Å². The fraction of sp³-hybridized carbons (Fsp3) is 0.562. The number of carbonyl (C=O) groups excluding carboxylic acids is 1. The second-order valence-electron chi connectivity index (χ2n) is 5.57. The standard InChI is InChI=1S/C16H22N2O3/c1-3-21-11-10-18-14(17-16(8-9-16)15(18)19)12-6-4-5-7-13(12)20-2/h4-7,14,17H,3,8-11H2,1-2H3. The Morgan fingerprint density at radius 3 is 2.81 bits per heavy atom. The molecule has 1 N–H and O–H groups in total. The Labute approximate surface area is 125 Å². The van der Waals surface area contributed by atoms with E-state index in [0.29, 0.717) is 19.8 Å². The molecule has 21 heavy (non-hydrogen) atoms. The van der Waals surface area contributed by atoms with Crippen LogP contribution in [0.5, 0.6) is 5.75 Å². The third kappa shape index (κ3) is 2.51. The minimum Gasteiger partial charge on any atom is -0.496 e. The number of hydrogen-bond acceptors (Lipinski definition) is 4. The molecule has 1 aromatic rings. The molecule has 3 rings (SSSR count). The predicted molar refractivity (Wildman–Crippen MR) is 79.0 cm³/mol. The number of rotatable bonds is 6. The lowest BCUT2D eigenvalue weighted by atomic mass is 10.1. The van der Waals surface area contributed by atoms with Crippen molar-refractivity contribution >= 4 is 5.91 Å². The molecule has 114 valence electrons. The average Bonchev–Trinajstić information content (AvgIpc) is 3.24. The monoisotopic (exact) mass is 290 g/mol. The zero-order valence-corrected chi connectivity index (χ0v) is 12.6. The topological polar surface area (TPSA) is 50.8 Å². The summed E-state index contributed by atoms with van der Waals surface area (Å²) in [6.45, 7) is 3.79. The van der Waals surface area contributed by atoms with Crippen LogP contribution in [-0.4, -0.2) is 43.2 Å². The molecule has 1 saturated heterocycles. The van der Waals surface area contributed by atoms with Crippen LogP contribution in [0.4, 0.5) is 0 Å². The number of hydrogen-bond donors (Lipinski definition) is 1. The number of methoxy groups -OCH3 is 1. The summed E-state index contributed by atoms with van der Waals surface area (Å²) in [7, 11) is 1.66. The summed E-state index contributed by atoms with van der Waals surface area (Å²) in [4.78, 5) is 14.5.